The molecule has 0 bridgehead atoms. The SMILES string of the molecule is C=C(OCC)c1cccc(CNC)c1F. The van der Waals surface area contributed by atoms with E-state index in [-0.39, 0.29) is 5.82 Å². The van der Waals surface area contributed by atoms with Crippen LogP contribution >= 0.6 is 0 Å². The zero-order valence-corrected chi connectivity index (χ0v) is 9.14. The van der Waals surface area contributed by atoms with E-state index in [0.29, 0.717) is 30.0 Å². The number of benzene rings is 1. The van der Waals surface area contributed by atoms with Crippen molar-refractivity contribution in [3.63, 3.8) is 0 Å². The fraction of sp³-hybridized carbons (Fsp3) is 0.333. The van der Waals surface area contributed by atoms with Crippen molar-refractivity contribution < 1.29 is 9.13 Å². The normalized spacial score (nSPS) is 10.1. The maximum atomic E-state index is 13.9. The molecule has 82 valence electrons. The Morgan fingerprint density at radius 1 is 1.53 bits per heavy atom. The van der Waals surface area contributed by atoms with Crippen LogP contribution in [0.2, 0.25) is 0 Å². The number of hydrogen-bond acceptors (Lipinski definition) is 2. The average Bonchev–Trinajstić information content (AvgIpc) is 2.22. The van der Waals surface area contributed by atoms with E-state index in [2.05, 4.69) is 11.9 Å². The Morgan fingerprint density at radius 2 is 2.27 bits per heavy atom. The number of rotatable bonds is 5. The van der Waals surface area contributed by atoms with E-state index in [0.717, 1.165) is 0 Å². The first kappa shape index (κ1) is 11.7. The summed E-state index contributed by atoms with van der Waals surface area (Å²) in [6, 6.07) is 5.22. The van der Waals surface area contributed by atoms with E-state index >= 15 is 0 Å². The molecule has 0 aromatic heterocycles. The van der Waals surface area contributed by atoms with Crippen molar-refractivity contribution in [2.24, 2.45) is 0 Å². The van der Waals surface area contributed by atoms with Crippen LogP contribution in [0.4, 0.5) is 4.39 Å². The van der Waals surface area contributed by atoms with Gasteiger partial charge >= 0.3 is 0 Å². The summed E-state index contributed by atoms with van der Waals surface area (Å²) in [5, 5.41) is 2.91. The Morgan fingerprint density at radius 3 is 2.87 bits per heavy atom. The van der Waals surface area contributed by atoms with E-state index in [1.807, 2.05) is 6.92 Å². The zero-order valence-electron chi connectivity index (χ0n) is 9.14. The molecule has 2 nitrogen and oxygen atoms in total. The van der Waals surface area contributed by atoms with Gasteiger partial charge in [0, 0.05) is 12.1 Å². The zero-order chi connectivity index (χ0) is 11.3. The van der Waals surface area contributed by atoms with Crippen molar-refractivity contribution in [1.29, 1.82) is 0 Å². The first-order valence-electron chi connectivity index (χ1n) is 4.94. The first-order valence-corrected chi connectivity index (χ1v) is 4.94. The molecule has 0 heterocycles. The minimum Gasteiger partial charge on any atom is -0.494 e. The van der Waals surface area contributed by atoms with Gasteiger partial charge in [-0.05, 0) is 20.0 Å². The van der Waals surface area contributed by atoms with Crippen LogP contribution in [0, 0.1) is 5.82 Å². The molecule has 0 unspecified atom stereocenters. The third-order valence-corrected chi connectivity index (χ3v) is 2.06. The largest absolute Gasteiger partial charge is 0.494 e. The summed E-state index contributed by atoms with van der Waals surface area (Å²) in [5.74, 6) is 0.123. The molecule has 1 rings (SSSR count). The fourth-order valence-corrected chi connectivity index (χ4v) is 1.37. The predicted octanol–water partition coefficient (Wildman–Crippen LogP) is 2.55. The molecule has 0 aliphatic heterocycles. The molecule has 0 saturated carbocycles. The van der Waals surface area contributed by atoms with Crippen molar-refractivity contribution in [1.82, 2.24) is 5.32 Å². The Labute approximate surface area is 89.8 Å². The smallest absolute Gasteiger partial charge is 0.138 e. The molecule has 0 saturated heterocycles. The van der Waals surface area contributed by atoms with Crippen molar-refractivity contribution in [2.45, 2.75) is 13.5 Å². The summed E-state index contributed by atoms with van der Waals surface area (Å²) >= 11 is 0. The van der Waals surface area contributed by atoms with Gasteiger partial charge in [0.2, 0.25) is 0 Å². The molecule has 1 aromatic rings. The van der Waals surface area contributed by atoms with Crippen LogP contribution in [0.25, 0.3) is 5.76 Å². The Kier molecular flexibility index (Phi) is 4.31. The molecule has 1 aromatic carbocycles. The molecule has 0 amide bonds. The fourth-order valence-electron chi connectivity index (χ4n) is 1.37. The molecule has 3 heteroatoms. The summed E-state index contributed by atoms with van der Waals surface area (Å²) in [4.78, 5) is 0. The predicted molar refractivity (Wildman–Crippen MR) is 59.8 cm³/mol. The summed E-state index contributed by atoms with van der Waals surface area (Å²) < 4.78 is 19.0. The maximum Gasteiger partial charge on any atom is 0.138 e. The van der Waals surface area contributed by atoms with Crippen molar-refractivity contribution >= 4 is 5.76 Å². The van der Waals surface area contributed by atoms with Gasteiger partial charge in [0.1, 0.15) is 11.6 Å². The third kappa shape index (κ3) is 2.80. The van der Waals surface area contributed by atoms with Gasteiger partial charge in [-0.15, -0.1) is 0 Å². The minimum atomic E-state index is -0.259. The second-order valence-corrected chi connectivity index (χ2v) is 3.17. The lowest BCUT2D eigenvalue weighted by Gasteiger charge is -2.10. The topological polar surface area (TPSA) is 21.3 Å². The van der Waals surface area contributed by atoms with Gasteiger partial charge in [0.15, 0.2) is 0 Å². The molecule has 0 spiro atoms. The van der Waals surface area contributed by atoms with Gasteiger partial charge in [-0.1, -0.05) is 18.7 Å². The van der Waals surface area contributed by atoms with E-state index in [4.69, 9.17) is 4.74 Å². The highest BCUT2D eigenvalue weighted by Crippen LogP contribution is 2.20. The standard InChI is InChI=1S/C12H16FNO/c1-4-15-9(2)11-7-5-6-10(8-14-3)12(11)13/h5-7,14H,2,4,8H2,1,3H3. The maximum absolute atomic E-state index is 13.9. The highest BCUT2D eigenvalue weighted by atomic mass is 19.1. The van der Waals surface area contributed by atoms with Gasteiger partial charge in [0.05, 0.1) is 12.2 Å². The van der Waals surface area contributed by atoms with Crippen molar-refractivity contribution in [2.75, 3.05) is 13.7 Å². The number of ether oxygens (including phenoxy) is 1. The van der Waals surface area contributed by atoms with Crippen LogP contribution in [0.1, 0.15) is 18.1 Å². The Hall–Kier alpha value is -1.35. The minimum absolute atomic E-state index is 0.259. The molecule has 1 N–H and O–H groups in total. The lowest BCUT2D eigenvalue weighted by Crippen LogP contribution is -2.08. The third-order valence-electron chi connectivity index (χ3n) is 2.06. The van der Waals surface area contributed by atoms with Gasteiger partial charge in [0.25, 0.3) is 0 Å². The summed E-state index contributed by atoms with van der Waals surface area (Å²) in [6.45, 7) is 6.54. The van der Waals surface area contributed by atoms with Crippen molar-refractivity contribution in [3.8, 4) is 0 Å². The first-order chi connectivity index (χ1) is 7.20. The van der Waals surface area contributed by atoms with Crippen LogP contribution in [-0.4, -0.2) is 13.7 Å². The quantitative estimate of drug-likeness (QED) is 0.752. The number of hydrogen-bond donors (Lipinski definition) is 1. The highest BCUT2D eigenvalue weighted by Gasteiger charge is 2.10. The van der Waals surface area contributed by atoms with Crippen molar-refractivity contribution in [3.05, 3.63) is 41.7 Å². The van der Waals surface area contributed by atoms with E-state index in [9.17, 15) is 4.39 Å². The van der Waals surface area contributed by atoms with Gasteiger partial charge < -0.3 is 10.1 Å². The van der Waals surface area contributed by atoms with E-state index < -0.39 is 0 Å². The van der Waals surface area contributed by atoms with E-state index in [1.165, 1.54) is 0 Å². The Balaban J connectivity index is 2.98. The lowest BCUT2D eigenvalue weighted by molar-refractivity contribution is 0.297. The average molecular weight is 209 g/mol. The molecule has 0 aliphatic carbocycles. The van der Waals surface area contributed by atoms with Gasteiger partial charge in [-0.3, -0.25) is 0 Å². The highest BCUT2D eigenvalue weighted by molar-refractivity contribution is 5.58. The Bertz CT molecular complexity index is 349. The summed E-state index contributed by atoms with van der Waals surface area (Å²) in [6.07, 6.45) is 0. The van der Waals surface area contributed by atoms with Gasteiger partial charge in [-0.2, -0.15) is 0 Å². The number of halogens is 1. The molecular formula is C12H16FNO. The molecular weight excluding hydrogens is 193 g/mol. The second kappa shape index (κ2) is 5.51. The molecule has 0 atom stereocenters. The van der Waals surface area contributed by atoms with Crippen LogP contribution in [0.3, 0.4) is 0 Å². The van der Waals surface area contributed by atoms with Crippen LogP contribution in [-0.2, 0) is 11.3 Å². The summed E-state index contributed by atoms with van der Waals surface area (Å²) in [5.41, 5.74) is 1.06. The summed E-state index contributed by atoms with van der Waals surface area (Å²) in [7, 11) is 1.78. The monoisotopic (exact) mass is 209 g/mol. The lowest BCUT2D eigenvalue weighted by atomic mass is 10.1. The molecule has 0 aliphatic rings. The molecule has 15 heavy (non-hydrogen) atoms. The second-order valence-electron chi connectivity index (χ2n) is 3.17. The van der Waals surface area contributed by atoms with Crippen LogP contribution in [0.5, 0.6) is 0 Å². The van der Waals surface area contributed by atoms with E-state index in [1.54, 1.807) is 25.2 Å². The molecule has 0 radical (unpaired) electrons. The van der Waals surface area contributed by atoms with Gasteiger partial charge in [-0.25, -0.2) is 4.39 Å². The number of nitrogens with one attached hydrogen (secondary N) is 1. The molecule has 0 fully saturated rings. The van der Waals surface area contributed by atoms with Crippen LogP contribution < -0.4 is 5.32 Å². The van der Waals surface area contributed by atoms with Crippen LogP contribution in [0.15, 0.2) is 24.8 Å².